The van der Waals surface area contributed by atoms with Crippen molar-refractivity contribution in [1.82, 2.24) is 9.36 Å². The second kappa shape index (κ2) is 5.79. The molecule has 0 aliphatic heterocycles. The van der Waals surface area contributed by atoms with E-state index < -0.39 is 0 Å². The van der Waals surface area contributed by atoms with Crippen LogP contribution in [0.5, 0.6) is 0 Å². The zero-order valence-corrected chi connectivity index (χ0v) is 12.6. The summed E-state index contributed by atoms with van der Waals surface area (Å²) < 4.78 is 4.36. The van der Waals surface area contributed by atoms with E-state index >= 15 is 0 Å². The molecule has 0 atom stereocenters. The first kappa shape index (κ1) is 13.4. The van der Waals surface area contributed by atoms with Crippen LogP contribution in [-0.2, 0) is 0 Å². The van der Waals surface area contributed by atoms with Gasteiger partial charge in [-0.25, -0.2) is 0 Å². The van der Waals surface area contributed by atoms with Crippen molar-refractivity contribution < 1.29 is 0 Å². The molecule has 2 aromatic rings. The lowest BCUT2D eigenvalue weighted by atomic mass is 9.85. The molecule has 1 aliphatic rings. The molecule has 0 saturated heterocycles. The summed E-state index contributed by atoms with van der Waals surface area (Å²) in [4.78, 5) is 6.62. The fourth-order valence-electron chi connectivity index (χ4n) is 2.63. The predicted molar refractivity (Wildman–Crippen MR) is 85.0 cm³/mol. The van der Waals surface area contributed by atoms with Gasteiger partial charge in [0, 0.05) is 31.0 Å². The van der Waals surface area contributed by atoms with Crippen molar-refractivity contribution in [2.45, 2.75) is 26.2 Å². The SMILES string of the molecule is CCN(CC1CCC1)c1snc(N)c1-c1cccnc1. The van der Waals surface area contributed by atoms with Gasteiger partial charge in [-0.3, -0.25) is 4.98 Å². The second-order valence-electron chi connectivity index (χ2n) is 5.33. The number of pyridine rings is 1. The average molecular weight is 288 g/mol. The third-order valence-corrected chi connectivity index (χ3v) is 4.95. The Kier molecular flexibility index (Phi) is 3.87. The molecule has 0 radical (unpaired) electrons. The van der Waals surface area contributed by atoms with E-state index in [4.69, 9.17) is 5.73 Å². The zero-order chi connectivity index (χ0) is 13.9. The van der Waals surface area contributed by atoms with Crippen LogP contribution in [0, 0.1) is 5.92 Å². The number of rotatable bonds is 5. The van der Waals surface area contributed by atoms with Gasteiger partial charge >= 0.3 is 0 Å². The average Bonchev–Trinajstić information content (AvgIpc) is 2.81. The third-order valence-electron chi connectivity index (χ3n) is 4.02. The molecule has 1 aliphatic carbocycles. The van der Waals surface area contributed by atoms with Gasteiger partial charge in [0.1, 0.15) is 10.8 Å². The molecule has 20 heavy (non-hydrogen) atoms. The lowest BCUT2D eigenvalue weighted by Crippen LogP contribution is -2.32. The lowest BCUT2D eigenvalue weighted by Gasteiger charge is -2.32. The van der Waals surface area contributed by atoms with Crippen LogP contribution in [0.4, 0.5) is 10.8 Å². The molecule has 5 heteroatoms. The summed E-state index contributed by atoms with van der Waals surface area (Å²) in [6, 6.07) is 3.99. The van der Waals surface area contributed by atoms with E-state index in [0.29, 0.717) is 5.82 Å². The topological polar surface area (TPSA) is 55.0 Å². The number of nitrogens with two attached hydrogens (primary N) is 1. The highest BCUT2D eigenvalue weighted by molar-refractivity contribution is 7.11. The molecule has 2 N–H and O–H groups in total. The minimum absolute atomic E-state index is 0.616. The third kappa shape index (κ3) is 2.50. The fourth-order valence-corrected chi connectivity index (χ4v) is 3.54. The number of hydrogen-bond donors (Lipinski definition) is 1. The predicted octanol–water partition coefficient (Wildman–Crippen LogP) is 3.41. The molecule has 2 heterocycles. The largest absolute Gasteiger partial charge is 0.382 e. The van der Waals surface area contributed by atoms with E-state index in [1.807, 2.05) is 18.3 Å². The highest BCUT2D eigenvalue weighted by atomic mass is 32.1. The van der Waals surface area contributed by atoms with E-state index in [-0.39, 0.29) is 0 Å². The Morgan fingerprint density at radius 2 is 2.30 bits per heavy atom. The molecule has 1 fully saturated rings. The maximum atomic E-state index is 6.09. The molecule has 0 bridgehead atoms. The summed E-state index contributed by atoms with van der Waals surface area (Å²) in [5.74, 6) is 1.45. The second-order valence-corrected chi connectivity index (χ2v) is 6.08. The number of nitrogens with zero attached hydrogens (tertiary/aromatic N) is 3. The van der Waals surface area contributed by atoms with Crippen LogP contribution in [0.2, 0.25) is 0 Å². The summed E-state index contributed by atoms with van der Waals surface area (Å²) >= 11 is 1.50. The summed E-state index contributed by atoms with van der Waals surface area (Å²) in [6.45, 7) is 4.30. The molecule has 3 rings (SSSR count). The summed E-state index contributed by atoms with van der Waals surface area (Å²) in [6.07, 6.45) is 7.73. The fraction of sp³-hybridized carbons (Fsp3) is 0.467. The molecule has 0 unspecified atom stereocenters. The van der Waals surface area contributed by atoms with E-state index in [1.165, 1.54) is 35.8 Å². The molecular formula is C15H20N4S. The van der Waals surface area contributed by atoms with Gasteiger partial charge in [-0.1, -0.05) is 12.5 Å². The normalized spacial score (nSPS) is 15.1. The van der Waals surface area contributed by atoms with Gasteiger partial charge in [-0.2, -0.15) is 4.37 Å². The van der Waals surface area contributed by atoms with Crippen LogP contribution in [0.3, 0.4) is 0 Å². The summed E-state index contributed by atoms with van der Waals surface area (Å²) in [7, 11) is 0. The Balaban J connectivity index is 1.92. The van der Waals surface area contributed by atoms with Crippen molar-refractivity contribution in [1.29, 1.82) is 0 Å². The number of aromatic nitrogens is 2. The van der Waals surface area contributed by atoms with Gasteiger partial charge in [0.15, 0.2) is 0 Å². The molecule has 0 spiro atoms. The zero-order valence-electron chi connectivity index (χ0n) is 11.7. The van der Waals surface area contributed by atoms with Gasteiger partial charge in [-0.05, 0) is 43.3 Å². The van der Waals surface area contributed by atoms with Gasteiger partial charge in [0.05, 0.1) is 5.56 Å². The molecule has 106 valence electrons. The van der Waals surface area contributed by atoms with Crippen molar-refractivity contribution >= 4 is 22.4 Å². The van der Waals surface area contributed by atoms with E-state index in [0.717, 1.165) is 30.1 Å². The quantitative estimate of drug-likeness (QED) is 0.916. The minimum atomic E-state index is 0.616. The Morgan fingerprint density at radius 1 is 1.45 bits per heavy atom. The molecule has 1 saturated carbocycles. The maximum absolute atomic E-state index is 6.09. The highest BCUT2D eigenvalue weighted by Crippen LogP contribution is 2.40. The van der Waals surface area contributed by atoms with E-state index in [2.05, 4.69) is 21.2 Å². The van der Waals surface area contributed by atoms with Crippen LogP contribution in [0.15, 0.2) is 24.5 Å². The summed E-state index contributed by atoms with van der Waals surface area (Å²) in [5, 5.41) is 1.19. The Labute approximate surface area is 123 Å². The first-order chi connectivity index (χ1) is 9.79. The van der Waals surface area contributed by atoms with Crippen LogP contribution in [-0.4, -0.2) is 22.4 Å². The van der Waals surface area contributed by atoms with Gasteiger partial charge in [0.2, 0.25) is 0 Å². The van der Waals surface area contributed by atoms with Crippen LogP contribution < -0.4 is 10.6 Å². The standard InChI is InChI=1S/C15H20N4S/c1-2-19(10-11-5-3-6-11)15-13(14(16)18-20-15)12-7-4-8-17-9-12/h4,7-9,11H,2-3,5-6,10H2,1H3,(H2,16,18). The number of nitrogen functional groups attached to an aromatic ring is 1. The van der Waals surface area contributed by atoms with Crippen LogP contribution >= 0.6 is 11.5 Å². The van der Waals surface area contributed by atoms with E-state index in [1.54, 1.807) is 6.20 Å². The van der Waals surface area contributed by atoms with Gasteiger partial charge in [0.25, 0.3) is 0 Å². The first-order valence-electron chi connectivity index (χ1n) is 7.20. The van der Waals surface area contributed by atoms with Gasteiger partial charge < -0.3 is 10.6 Å². The Morgan fingerprint density at radius 3 is 2.90 bits per heavy atom. The lowest BCUT2D eigenvalue weighted by molar-refractivity contribution is 0.319. The highest BCUT2D eigenvalue weighted by Gasteiger charge is 2.24. The molecular weight excluding hydrogens is 268 g/mol. The number of hydrogen-bond acceptors (Lipinski definition) is 5. The molecule has 0 amide bonds. The van der Waals surface area contributed by atoms with Crippen molar-refractivity contribution in [2.75, 3.05) is 23.7 Å². The Hall–Kier alpha value is -1.62. The van der Waals surface area contributed by atoms with E-state index in [9.17, 15) is 0 Å². The molecule has 0 aromatic carbocycles. The van der Waals surface area contributed by atoms with Crippen molar-refractivity contribution in [3.05, 3.63) is 24.5 Å². The maximum Gasteiger partial charge on any atom is 0.147 e. The smallest absolute Gasteiger partial charge is 0.147 e. The monoisotopic (exact) mass is 288 g/mol. The van der Waals surface area contributed by atoms with Gasteiger partial charge in [-0.15, -0.1) is 0 Å². The number of anilines is 2. The van der Waals surface area contributed by atoms with Crippen molar-refractivity contribution in [3.8, 4) is 11.1 Å². The van der Waals surface area contributed by atoms with Crippen molar-refractivity contribution in [2.24, 2.45) is 5.92 Å². The summed E-state index contributed by atoms with van der Waals surface area (Å²) in [5.41, 5.74) is 8.19. The van der Waals surface area contributed by atoms with Crippen LogP contribution in [0.25, 0.3) is 11.1 Å². The first-order valence-corrected chi connectivity index (χ1v) is 7.97. The van der Waals surface area contributed by atoms with Crippen molar-refractivity contribution in [3.63, 3.8) is 0 Å². The molecule has 2 aromatic heterocycles. The van der Waals surface area contributed by atoms with Crippen LogP contribution in [0.1, 0.15) is 26.2 Å². The molecule has 4 nitrogen and oxygen atoms in total. The Bertz CT molecular complexity index is 563. The minimum Gasteiger partial charge on any atom is -0.382 e.